The zero-order valence-corrected chi connectivity index (χ0v) is 12.6. The zero-order valence-electron chi connectivity index (χ0n) is 12.6. The summed E-state index contributed by atoms with van der Waals surface area (Å²) in [6.07, 6.45) is 8.74. The number of hydrogen-bond acceptors (Lipinski definition) is 1. The fourth-order valence-electron chi connectivity index (χ4n) is 5.65. The van der Waals surface area contributed by atoms with Gasteiger partial charge in [-0.15, -0.1) is 0 Å². The second-order valence-electron chi connectivity index (χ2n) is 7.30. The number of rotatable bonds is 4. The van der Waals surface area contributed by atoms with Crippen LogP contribution in [0.2, 0.25) is 0 Å². The summed E-state index contributed by atoms with van der Waals surface area (Å²) in [5, 5.41) is 4.03. The van der Waals surface area contributed by atoms with Crippen LogP contribution in [0.3, 0.4) is 0 Å². The molecule has 0 heterocycles. The predicted octanol–water partition coefficient (Wildman–Crippen LogP) is 4.55. The number of fused-ring (bicyclic) bond motifs is 5. The molecule has 3 aliphatic rings. The summed E-state index contributed by atoms with van der Waals surface area (Å²) in [6, 6.07) is 12.4. The van der Waals surface area contributed by atoms with E-state index in [4.69, 9.17) is 0 Å². The first-order valence-electron chi connectivity index (χ1n) is 8.67. The van der Waals surface area contributed by atoms with Gasteiger partial charge < -0.3 is 5.32 Å². The average Bonchev–Trinajstić information content (AvgIpc) is 3.18. The summed E-state index contributed by atoms with van der Waals surface area (Å²) in [5.74, 6) is 4.22. The van der Waals surface area contributed by atoms with Gasteiger partial charge in [0.1, 0.15) is 0 Å². The van der Waals surface area contributed by atoms with Crippen molar-refractivity contribution in [2.24, 2.45) is 23.7 Å². The fourth-order valence-corrected chi connectivity index (χ4v) is 5.65. The summed E-state index contributed by atoms with van der Waals surface area (Å²) < 4.78 is 0. The first-order chi connectivity index (χ1) is 9.86. The van der Waals surface area contributed by atoms with Gasteiger partial charge in [0.25, 0.3) is 0 Å². The van der Waals surface area contributed by atoms with Gasteiger partial charge in [0.15, 0.2) is 0 Å². The highest BCUT2D eigenvalue weighted by atomic mass is 15.0. The highest BCUT2D eigenvalue weighted by molar-refractivity contribution is 5.19. The maximum Gasteiger partial charge on any atom is 0.0320 e. The third-order valence-corrected chi connectivity index (χ3v) is 6.45. The molecule has 20 heavy (non-hydrogen) atoms. The Balaban J connectivity index is 1.47. The molecule has 6 unspecified atom stereocenters. The quantitative estimate of drug-likeness (QED) is 0.845. The fraction of sp³-hybridized carbons (Fsp3) is 0.684. The third kappa shape index (κ3) is 2.02. The highest BCUT2D eigenvalue weighted by Crippen LogP contribution is 2.58. The molecule has 0 aromatic heterocycles. The van der Waals surface area contributed by atoms with Crippen molar-refractivity contribution in [3.05, 3.63) is 35.9 Å². The van der Waals surface area contributed by atoms with Crippen LogP contribution in [0.5, 0.6) is 0 Å². The molecule has 1 nitrogen and oxygen atoms in total. The molecular formula is C19H27N. The predicted molar refractivity (Wildman–Crippen MR) is 83.4 cm³/mol. The summed E-state index contributed by atoms with van der Waals surface area (Å²) in [6.45, 7) is 2.32. The molecule has 2 bridgehead atoms. The SMILES string of the molecule is CCC(NC1CC2CC1C1CCCC21)c1ccccc1. The Morgan fingerprint density at radius 2 is 1.85 bits per heavy atom. The summed E-state index contributed by atoms with van der Waals surface area (Å²) in [4.78, 5) is 0. The van der Waals surface area contributed by atoms with Crippen molar-refractivity contribution < 1.29 is 0 Å². The number of hydrogen-bond donors (Lipinski definition) is 1. The van der Waals surface area contributed by atoms with Gasteiger partial charge in [0.05, 0.1) is 0 Å². The smallest absolute Gasteiger partial charge is 0.0320 e. The molecule has 0 aliphatic heterocycles. The maximum atomic E-state index is 4.03. The Labute approximate surface area is 123 Å². The van der Waals surface area contributed by atoms with Crippen LogP contribution in [0, 0.1) is 23.7 Å². The van der Waals surface area contributed by atoms with E-state index in [1.165, 1.54) is 44.1 Å². The van der Waals surface area contributed by atoms with Crippen molar-refractivity contribution in [3.8, 4) is 0 Å². The van der Waals surface area contributed by atoms with Crippen molar-refractivity contribution in [2.45, 2.75) is 57.5 Å². The van der Waals surface area contributed by atoms with Gasteiger partial charge in [-0.1, -0.05) is 43.7 Å². The van der Waals surface area contributed by atoms with Gasteiger partial charge in [0, 0.05) is 12.1 Å². The standard InChI is InChI=1S/C19H27N/c1-2-18(13-7-4-3-5-8-13)20-19-12-14-11-17(19)16-10-6-9-15(14)16/h3-5,7-8,14-20H,2,6,9-12H2,1H3. The number of benzene rings is 1. The van der Waals surface area contributed by atoms with Gasteiger partial charge in [-0.25, -0.2) is 0 Å². The van der Waals surface area contributed by atoms with Crippen molar-refractivity contribution in [1.82, 2.24) is 5.32 Å². The van der Waals surface area contributed by atoms with Crippen LogP contribution in [0.25, 0.3) is 0 Å². The lowest BCUT2D eigenvalue weighted by atomic mass is 9.78. The van der Waals surface area contributed by atoms with Crippen LogP contribution in [0.1, 0.15) is 57.1 Å². The van der Waals surface area contributed by atoms with E-state index in [1.807, 2.05) is 0 Å². The molecule has 1 heteroatoms. The van der Waals surface area contributed by atoms with Crippen LogP contribution < -0.4 is 5.32 Å². The van der Waals surface area contributed by atoms with Crippen molar-refractivity contribution in [1.29, 1.82) is 0 Å². The van der Waals surface area contributed by atoms with Gasteiger partial charge in [-0.3, -0.25) is 0 Å². The van der Waals surface area contributed by atoms with E-state index in [0.717, 1.165) is 29.7 Å². The normalized spacial score (nSPS) is 40.0. The Kier molecular flexibility index (Phi) is 3.34. The molecule has 108 valence electrons. The van der Waals surface area contributed by atoms with Crippen LogP contribution in [0.4, 0.5) is 0 Å². The molecule has 1 aromatic rings. The van der Waals surface area contributed by atoms with Gasteiger partial charge >= 0.3 is 0 Å². The van der Waals surface area contributed by atoms with Crippen LogP contribution >= 0.6 is 0 Å². The lowest BCUT2D eigenvalue weighted by Gasteiger charge is -2.34. The Bertz CT molecular complexity index is 454. The summed E-state index contributed by atoms with van der Waals surface area (Å²) in [5.41, 5.74) is 1.47. The lowest BCUT2D eigenvalue weighted by molar-refractivity contribution is 0.197. The first kappa shape index (κ1) is 12.9. The van der Waals surface area contributed by atoms with E-state index >= 15 is 0 Å². The molecule has 0 spiro atoms. The van der Waals surface area contributed by atoms with Crippen LogP contribution in [0.15, 0.2) is 30.3 Å². The maximum absolute atomic E-state index is 4.03. The molecular weight excluding hydrogens is 242 g/mol. The van der Waals surface area contributed by atoms with Crippen LogP contribution in [-0.2, 0) is 0 Å². The number of nitrogens with one attached hydrogen (secondary N) is 1. The van der Waals surface area contributed by atoms with E-state index in [9.17, 15) is 0 Å². The monoisotopic (exact) mass is 269 g/mol. The molecule has 1 N–H and O–H groups in total. The van der Waals surface area contributed by atoms with Crippen LogP contribution in [-0.4, -0.2) is 6.04 Å². The van der Waals surface area contributed by atoms with Crippen molar-refractivity contribution in [2.75, 3.05) is 0 Å². The molecule has 6 atom stereocenters. The average molecular weight is 269 g/mol. The minimum atomic E-state index is 0.556. The largest absolute Gasteiger partial charge is 0.307 e. The van der Waals surface area contributed by atoms with Crippen molar-refractivity contribution in [3.63, 3.8) is 0 Å². The van der Waals surface area contributed by atoms with Gasteiger partial charge in [-0.2, -0.15) is 0 Å². The van der Waals surface area contributed by atoms with E-state index in [-0.39, 0.29) is 0 Å². The highest BCUT2D eigenvalue weighted by Gasteiger charge is 2.53. The topological polar surface area (TPSA) is 12.0 Å². The summed E-state index contributed by atoms with van der Waals surface area (Å²) >= 11 is 0. The molecule has 3 saturated carbocycles. The lowest BCUT2D eigenvalue weighted by Crippen LogP contribution is -2.41. The Morgan fingerprint density at radius 3 is 2.65 bits per heavy atom. The molecule has 4 rings (SSSR count). The summed E-state index contributed by atoms with van der Waals surface area (Å²) in [7, 11) is 0. The van der Waals surface area contributed by atoms with E-state index in [1.54, 1.807) is 0 Å². The minimum absolute atomic E-state index is 0.556. The molecule has 0 amide bonds. The minimum Gasteiger partial charge on any atom is -0.307 e. The van der Waals surface area contributed by atoms with Gasteiger partial charge in [0.2, 0.25) is 0 Å². The molecule has 0 saturated heterocycles. The second kappa shape index (κ2) is 5.18. The molecule has 0 radical (unpaired) electrons. The molecule has 1 aromatic carbocycles. The van der Waals surface area contributed by atoms with Crippen molar-refractivity contribution >= 4 is 0 Å². The van der Waals surface area contributed by atoms with E-state index in [2.05, 4.69) is 42.6 Å². The molecule has 3 aliphatic carbocycles. The molecule has 3 fully saturated rings. The second-order valence-corrected chi connectivity index (χ2v) is 7.30. The Hall–Kier alpha value is -0.820. The zero-order chi connectivity index (χ0) is 13.5. The van der Waals surface area contributed by atoms with E-state index in [0.29, 0.717) is 6.04 Å². The van der Waals surface area contributed by atoms with Gasteiger partial charge in [-0.05, 0) is 61.3 Å². The van der Waals surface area contributed by atoms with E-state index < -0.39 is 0 Å². The Morgan fingerprint density at radius 1 is 1.05 bits per heavy atom. The first-order valence-corrected chi connectivity index (χ1v) is 8.67. The third-order valence-electron chi connectivity index (χ3n) is 6.45.